The second kappa shape index (κ2) is 15.0. The van der Waals surface area contributed by atoms with Crippen LogP contribution in [0.5, 0.6) is 0 Å². The summed E-state index contributed by atoms with van der Waals surface area (Å²) in [5, 5.41) is 13.2. The Labute approximate surface area is 276 Å². The first-order valence-electron chi connectivity index (χ1n) is 14.8. The summed E-state index contributed by atoms with van der Waals surface area (Å²) in [5.74, 6) is -2.85. The second-order valence-electron chi connectivity index (χ2n) is 10.4. The maximum atomic E-state index is 14.1. The first-order valence-corrected chi connectivity index (χ1v) is 15.8. The molecular formula is C37H32N4O5S. The summed E-state index contributed by atoms with van der Waals surface area (Å²) < 4.78 is 1.55. The van der Waals surface area contributed by atoms with Crippen molar-refractivity contribution in [3.8, 4) is 0 Å². The Bertz CT molecular complexity index is 1920. The number of nitrogens with zero attached hydrogens (tertiary/aromatic N) is 3. The van der Waals surface area contributed by atoms with Gasteiger partial charge in [-0.25, -0.2) is 0 Å². The first-order chi connectivity index (χ1) is 22.8. The average molecular weight is 645 g/mol. The Morgan fingerprint density at radius 2 is 1.62 bits per heavy atom. The highest BCUT2D eigenvalue weighted by Gasteiger charge is 2.35. The summed E-state index contributed by atoms with van der Waals surface area (Å²) in [5.41, 5.74) is 3.19. The Morgan fingerprint density at radius 3 is 2.23 bits per heavy atom. The summed E-state index contributed by atoms with van der Waals surface area (Å²) in [6.07, 6.45) is 9.60. The van der Waals surface area contributed by atoms with Crippen LogP contribution in [0.15, 0.2) is 138 Å². The van der Waals surface area contributed by atoms with Crippen molar-refractivity contribution in [3.63, 3.8) is 0 Å². The second-order valence-corrected chi connectivity index (χ2v) is 11.4. The van der Waals surface area contributed by atoms with E-state index in [-0.39, 0.29) is 28.9 Å². The number of fused-ring (bicyclic) bond motifs is 1. The van der Waals surface area contributed by atoms with E-state index in [1.165, 1.54) is 11.0 Å². The number of aliphatic imine (C=N–C) groups is 1. The summed E-state index contributed by atoms with van der Waals surface area (Å²) in [6.45, 7) is 5.16. The van der Waals surface area contributed by atoms with E-state index < -0.39 is 23.8 Å². The molecule has 2 heterocycles. The molecule has 47 heavy (non-hydrogen) atoms. The molecule has 10 heteroatoms. The van der Waals surface area contributed by atoms with E-state index in [4.69, 9.17) is 0 Å². The van der Waals surface area contributed by atoms with Gasteiger partial charge in [0.15, 0.2) is 5.17 Å². The molecule has 0 radical (unpaired) electrons. The number of carboxylic acid groups (broad SMARTS) is 1. The van der Waals surface area contributed by atoms with Crippen molar-refractivity contribution >= 4 is 57.6 Å². The van der Waals surface area contributed by atoms with Gasteiger partial charge in [-0.2, -0.15) is 4.99 Å². The number of aliphatic carboxylic acids is 1. The molecule has 0 aliphatic carbocycles. The lowest BCUT2D eigenvalue weighted by Crippen LogP contribution is -2.42. The predicted octanol–water partition coefficient (Wildman–Crippen LogP) is 6.12. The fourth-order valence-electron chi connectivity index (χ4n) is 5.22. The van der Waals surface area contributed by atoms with Gasteiger partial charge < -0.3 is 15.0 Å². The fraction of sp³-hybridized carbons (Fsp3) is 0.108. The van der Waals surface area contributed by atoms with Gasteiger partial charge >= 0.3 is 5.97 Å². The minimum Gasteiger partial charge on any atom is -0.480 e. The van der Waals surface area contributed by atoms with Crippen molar-refractivity contribution in [3.05, 3.63) is 150 Å². The lowest BCUT2D eigenvalue weighted by molar-refractivity contribution is -0.137. The third kappa shape index (κ3) is 7.57. The molecule has 0 fully saturated rings. The molecule has 1 aliphatic heterocycles. The number of benzene rings is 3. The number of carboxylic acids is 1. The minimum atomic E-state index is -1.03. The maximum Gasteiger partial charge on any atom is 0.323 e. The van der Waals surface area contributed by atoms with Crippen LogP contribution in [0, 0.1) is 0 Å². The normalized spacial score (nSPS) is 14.7. The molecule has 0 bridgehead atoms. The third-order valence-corrected chi connectivity index (χ3v) is 8.28. The van der Waals surface area contributed by atoms with E-state index in [0.717, 1.165) is 22.9 Å². The van der Waals surface area contributed by atoms with Gasteiger partial charge in [0.05, 0.1) is 11.8 Å². The number of hydrogen-bond acceptors (Lipinski definition) is 5. The topological polar surface area (TPSA) is 121 Å². The summed E-state index contributed by atoms with van der Waals surface area (Å²) in [7, 11) is 0. The highest BCUT2D eigenvalue weighted by molar-refractivity contribution is 8.14. The SMILES string of the molecule is C=C/C=C\C(=C/C)N1C(=O)/C(=C/c2cn(CC(=O)O)c3ccccc23)C(=O)N=C1SCC(=O)NC(c1ccccc1)c1ccccc1. The van der Waals surface area contributed by atoms with Gasteiger partial charge in [0, 0.05) is 28.4 Å². The monoisotopic (exact) mass is 644 g/mol. The molecule has 5 rings (SSSR count). The number of hydrogen-bond donors (Lipinski definition) is 2. The van der Waals surface area contributed by atoms with Gasteiger partial charge in [-0.05, 0) is 36.3 Å². The van der Waals surface area contributed by atoms with E-state index in [1.807, 2.05) is 60.7 Å². The van der Waals surface area contributed by atoms with E-state index in [1.54, 1.807) is 66.3 Å². The van der Waals surface area contributed by atoms with Crippen LogP contribution in [0.2, 0.25) is 0 Å². The van der Waals surface area contributed by atoms with Crippen molar-refractivity contribution in [1.29, 1.82) is 0 Å². The smallest absolute Gasteiger partial charge is 0.323 e. The van der Waals surface area contributed by atoms with Crippen molar-refractivity contribution in [2.45, 2.75) is 19.5 Å². The molecule has 0 atom stereocenters. The lowest BCUT2D eigenvalue weighted by Gasteiger charge is -2.28. The van der Waals surface area contributed by atoms with E-state index in [2.05, 4.69) is 16.9 Å². The van der Waals surface area contributed by atoms with Crippen LogP contribution in [0.25, 0.3) is 17.0 Å². The molecule has 3 aromatic carbocycles. The van der Waals surface area contributed by atoms with Crippen molar-refractivity contribution < 1.29 is 24.3 Å². The number of thioether (sulfide) groups is 1. The molecule has 0 unspecified atom stereocenters. The van der Waals surface area contributed by atoms with E-state index in [9.17, 15) is 24.3 Å². The molecule has 9 nitrogen and oxygen atoms in total. The molecule has 236 valence electrons. The quantitative estimate of drug-likeness (QED) is 0.115. The summed E-state index contributed by atoms with van der Waals surface area (Å²) >= 11 is 0.978. The Balaban J connectivity index is 1.46. The zero-order chi connectivity index (χ0) is 33.3. The van der Waals surface area contributed by atoms with E-state index in [0.29, 0.717) is 22.2 Å². The number of rotatable bonds is 11. The van der Waals surface area contributed by atoms with Crippen LogP contribution >= 0.6 is 11.8 Å². The molecule has 4 aromatic rings. The molecule has 0 spiro atoms. The van der Waals surface area contributed by atoms with Crippen LogP contribution in [0.1, 0.15) is 29.7 Å². The highest BCUT2D eigenvalue weighted by atomic mass is 32.2. The van der Waals surface area contributed by atoms with Gasteiger partial charge in [0.2, 0.25) is 5.91 Å². The molecule has 3 amide bonds. The number of amidine groups is 1. The highest BCUT2D eigenvalue weighted by Crippen LogP contribution is 2.29. The predicted molar refractivity (Wildman–Crippen MR) is 185 cm³/mol. The van der Waals surface area contributed by atoms with Crippen molar-refractivity contribution in [1.82, 2.24) is 14.8 Å². The fourth-order valence-corrected chi connectivity index (χ4v) is 6.02. The average Bonchev–Trinajstić information content (AvgIpc) is 3.42. The first kappa shape index (κ1) is 32.6. The molecule has 1 aromatic heterocycles. The number of carbonyl (C=O) groups excluding carboxylic acids is 3. The number of aromatic nitrogens is 1. The van der Waals surface area contributed by atoms with Gasteiger partial charge in [-0.1, -0.05) is 115 Å². The molecule has 0 saturated heterocycles. The molecule has 1 aliphatic rings. The van der Waals surface area contributed by atoms with Crippen molar-refractivity contribution in [2.75, 3.05) is 5.75 Å². The number of allylic oxidation sites excluding steroid dienone is 4. The zero-order valence-corrected chi connectivity index (χ0v) is 26.4. The number of para-hydroxylation sites is 1. The standard InChI is InChI=1S/C37H32N4O5S/c1-3-5-18-28(4-2)41-36(46)30(21-27-22-40(23-33(43)44)31-20-13-12-19-29(27)31)35(45)39-37(41)47-24-32(42)38-34(25-14-8-6-9-15-25)26-16-10-7-11-17-26/h3-22,34H,1,23-24H2,2H3,(H,38,42)(H,43,44)/b18-5-,28-4+,30-21+. The van der Waals surface area contributed by atoms with Crippen LogP contribution in [-0.2, 0) is 25.7 Å². The maximum absolute atomic E-state index is 14.1. The lowest BCUT2D eigenvalue weighted by atomic mass is 9.99. The van der Waals surface area contributed by atoms with E-state index >= 15 is 0 Å². The van der Waals surface area contributed by atoms with Gasteiger partial charge in [-0.15, -0.1) is 0 Å². The largest absolute Gasteiger partial charge is 0.480 e. The Morgan fingerprint density at radius 1 is 0.979 bits per heavy atom. The van der Waals surface area contributed by atoms with Gasteiger partial charge in [0.1, 0.15) is 12.1 Å². The Kier molecular flexibility index (Phi) is 10.4. The minimum absolute atomic E-state index is 0.0541. The van der Waals surface area contributed by atoms with Gasteiger partial charge in [-0.3, -0.25) is 24.1 Å². The Hall–Kier alpha value is -5.74. The molecular weight excluding hydrogens is 612 g/mol. The number of nitrogens with one attached hydrogen (secondary N) is 1. The van der Waals surface area contributed by atoms with Crippen LogP contribution in [0.4, 0.5) is 0 Å². The van der Waals surface area contributed by atoms with Crippen LogP contribution < -0.4 is 5.32 Å². The third-order valence-electron chi connectivity index (χ3n) is 7.34. The molecule has 0 saturated carbocycles. The number of carbonyl (C=O) groups is 4. The summed E-state index contributed by atoms with van der Waals surface area (Å²) in [6, 6.07) is 25.9. The molecule has 2 N–H and O–H groups in total. The zero-order valence-electron chi connectivity index (χ0n) is 25.6. The van der Waals surface area contributed by atoms with Gasteiger partial charge in [0.25, 0.3) is 11.8 Å². The van der Waals surface area contributed by atoms with Crippen LogP contribution in [-0.4, -0.2) is 49.2 Å². The van der Waals surface area contributed by atoms with Crippen molar-refractivity contribution in [2.24, 2.45) is 4.99 Å². The number of amides is 3. The summed E-state index contributed by atoms with van der Waals surface area (Å²) in [4.78, 5) is 57.9. The van der Waals surface area contributed by atoms with Crippen LogP contribution in [0.3, 0.4) is 0 Å².